The molecular formula is C51H88AlBClFLiN9NaO13Si3. The van der Waals surface area contributed by atoms with E-state index in [1.807, 2.05) is 18.4 Å². The molecule has 0 aliphatic carbocycles. The van der Waals surface area contributed by atoms with Crippen molar-refractivity contribution < 1.29 is 119 Å². The van der Waals surface area contributed by atoms with Crippen LogP contribution in [0.5, 0.6) is 0 Å². The Labute approximate surface area is 541 Å². The minimum atomic E-state index is -1.04. The molecule has 82 heavy (non-hydrogen) atoms. The van der Waals surface area contributed by atoms with E-state index in [4.69, 9.17) is 41.7 Å². The number of carbonyl (C=O) groups is 4. The third kappa shape index (κ3) is 35.3. The molecule has 0 saturated carbocycles. The zero-order valence-electron chi connectivity index (χ0n) is 54.1. The molecule has 449 valence electrons. The molecular weight excluding hydrogens is 1150 g/mol. The number of aromatic amines is 2. The summed E-state index contributed by atoms with van der Waals surface area (Å²) in [5.74, 6) is -1.90. The summed E-state index contributed by atoms with van der Waals surface area (Å²) in [5, 5.41) is 21.5. The molecule has 1 aromatic carbocycles. The van der Waals surface area contributed by atoms with Gasteiger partial charge in [-0.25, -0.2) is 34.3 Å². The van der Waals surface area contributed by atoms with Gasteiger partial charge in [0.1, 0.15) is 37.9 Å². The van der Waals surface area contributed by atoms with Crippen molar-refractivity contribution in [3.63, 3.8) is 0 Å². The molecule has 0 saturated heterocycles. The molecule has 22 nitrogen and oxygen atoms in total. The number of halogens is 2. The van der Waals surface area contributed by atoms with Crippen LogP contribution in [0.2, 0.25) is 77.1 Å². The standard InChI is InChI=1S/C18H22BN3O5.C11H20N2O3Si.C10H20N2O2Si.C6H15ClOSi.C5H6N2O2.CH3F.Al.Li.Na.2H/c1-10(2)16(18(24)26-8-13-6-20-9-21-13)22-17(23)14-5-4-12-7-27-19(25)15(12)11(14)3;1-15-11(14)10-7-13(8-12-10)9-16-5-6-17(2,3)4;1-15(2,3)5-4-14-9-12-6-10(7-13)11-8-12;1-9(2,3)5-4-8-6-7;1-9-5(8)4-2-6-3-7-4;1-2;;;;;/h4-6,9-10,16,25H,7-8H2,1-3H3,(H,20,21)(H,22,23);7-8H,5-6,9H2,1-4H3;6,8,13H,4-5,7,9H2,1-3H3;4-6H2,1-3H3;2-3H,1H3,(H,6,7);1H3;;;;;/q;;;;;;;2*+1;2*-1/t16-;;;;;;;;;;/m0........../s1/i;;;;;1D;;;;;. The number of H-pyrrole nitrogens is 2. The number of rotatable bonds is 23. The van der Waals surface area contributed by atoms with Gasteiger partial charge in [0.05, 0.1) is 85.0 Å². The number of methoxy groups -OCH3 is 2. The second-order valence-electron chi connectivity index (χ2n) is 21.6. The van der Waals surface area contributed by atoms with Crippen LogP contribution in [0.3, 0.4) is 0 Å². The first-order valence-corrected chi connectivity index (χ1v) is 37.1. The SMILES string of the molecule is COC(=O)c1cn(COCC[Si](C)(C)C)cn1.COC(=O)c1cnc[nH]1.C[Si](C)(C)CCOCCl.C[Si](C)(C)CCOCn1cnc(CO)c1.Cc1c(C(=O)N[C@H](C(=O)OCc2cnc[nH]2)C(C)C)ccc2c1B(O)OC2.[2H]CF.[Al].[H-].[H-].[Li+].[Na+]. The fourth-order valence-electron chi connectivity index (χ4n) is 6.28. The molecule has 4 aromatic heterocycles. The number of alkyl halides is 2. The van der Waals surface area contributed by atoms with Crippen molar-refractivity contribution in [3.05, 3.63) is 102 Å². The number of amides is 1. The minimum Gasteiger partial charge on any atom is -1.00 e. The number of aliphatic hydroxyl groups excluding tert-OH is 1. The smallest absolute Gasteiger partial charge is 1.00 e. The largest absolute Gasteiger partial charge is 1.00 e. The second-order valence-corrected chi connectivity index (χ2v) is 38.7. The zero-order chi connectivity index (χ0) is 60.5. The van der Waals surface area contributed by atoms with Gasteiger partial charge in [0.25, 0.3) is 5.91 Å². The van der Waals surface area contributed by atoms with Gasteiger partial charge in [0, 0.05) is 79.4 Å². The van der Waals surface area contributed by atoms with Crippen molar-refractivity contribution in [2.75, 3.05) is 47.3 Å². The van der Waals surface area contributed by atoms with E-state index < -0.39 is 68.4 Å². The first kappa shape index (κ1) is 80.8. The molecule has 1 atom stereocenters. The van der Waals surface area contributed by atoms with Gasteiger partial charge >= 0.3 is 73.4 Å². The van der Waals surface area contributed by atoms with E-state index >= 15 is 0 Å². The van der Waals surface area contributed by atoms with E-state index in [9.17, 15) is 28.6 Å². The van der Waals surface area contributed by atoms with Crippen molar-refractivity contribution in [2.24, 2.45) is 5.92 Å². The molecule has 1 aliphatic rings. The third-order valence-corrected chi connectivity index (χ3v) is 16.2. The van der Waals surface area contributed by atoms with E-state index in [0.29, 0.717) is 65.5 Å². The Balaban J connectivity index is -0.000000323. The average Bonchev–Trinajstić information content (AvgIpc) is 4.27. The van der Waals surface area contributed by atoms with Gasteiger partial charge < -0.3 is 70.5 Å². The summed E-state index contributed by atoms with van der Waals surface area (Å²) in [5.41, 5.74) is 4.54. The molecule has 5 heterocycles. The van der Waals surface area contributed by atoms with E-state index in [0.717, 1.165) is 31.4 Å². The Morgan fingerprint density at radius 1 is 0.866 bits per heavy atom. The van der Waals surface area contributed by atoms with Crippen molar-refractivity contribution in [2.45, 2.75) is 137 Å². The number of imidazole rings is 4. The molecule has 5 N–H and O–H groups in total. The number of fused-ring (bicyclic) bond motifs is 1. The molecule has 5 aromatic rings. The van der Waals surface area contributed by atoms with Crippen LogP contribution in [0.15, 0.2) is 62.2 Å². The Morgan fingerprint density at radius 3 is 1.85 bits per heavy atom. The van der Waals surface area contributed by atoms with Crippen molar-refractivity contribution >= 4 is 89.6 Å². The van der Waals surface area contributed by atoms with Crippen LogP contribution in [-0.2, 0) is 71.2 Å². The Bertz CT molecular complexity index is 2550. The Hall–Kier alpha value is -3.23. The van der Waals surface area contributed by atoms with Gasteiger partial charge in [0.15, 0.2) is 5.69 Å². The summed E-state index contributed by atoms with van der Waals surface area (Å²) in [6.07, 6.45) is 12.6. The maximum atomic E-state index is 12.8. The van der Waals surface area contributed by atoms with E-state index in [-0.39, 0.29) is 87.8 Å². The molecule has 0 unspecified atom stereocenters. The number of nitrogens with zero attached hydrogens (tertiary/aromatic N) is 6. The van der Waals surface area contributed by atoms with Crippen molar-refractivity contribution in [3.8, 4) is 0 Å². The predicted molar refractivity (Wildman–Crippen MR) is 318 cm³/mol. The molecule has 6 rings (SSSR count). The minimum absolute atomic E-state index is 0. The molecule has 0 spiro atoms. The number of aliphatic hydroxyl groups is 1. The molecule has 1 amide bonds. The van der Waals surface area contributed by atoms with Crippen LogP contribution < -0.4 is 59.2 Å². The third-order valence-electron chi connectivity index (χ3n) is 11.0. The first-order valence-electron chi connectivity index (χ1n) is 26.1. The number of nitrogens with one attached hydrogen (secondary N) is 3. The molecule has 0 bridgehead atoms. The summed E-state index contributed by atoms with van der Waals surface area (Å²) in [6.45, 7) is 30.0. The van der Waals surface area contributed by atoms with E-state index in [1.165, 1.54) is 45.2 Å². The van der Waals surface area contributed by atoms with E-state index in [1.54, 1.807) is 54.9 Å². The van der Waals surface area contributed by atoms with Gasteiger partial charge in [-0.2, -0.15) is 0 Å². The molecule has 31 heteroatoms. The van der Waals surface area contributed by atoms with Crippen LogP contribution in [0, 0.1) is 12.8 Å². The Morgan fingerprint density at radius 2 is 1.39 bits per heavy atom. The second kappa shape index (κ2) is 44.3. The number of hydrogen-bond acceptors (Lipinski definition) is 17. The van der Waals surface area contributed by atoms with Crippen molar-refractivity contribution in [1.82, 2.24) is 44.4 Å². The maximum Gasteiger partial charge on any atom is 1.00 e. The van der Waals surface area contributed by atoms with Gasteiger partial charge in [-0.3, -0.25) is 9.18 Å². The Kier molecular flexibility index (Phi) is 43.6. The summed E-state index contributed by atoms with van der Waals surface area (Å²) in [6, 6.07) is 6.49. The quantitative estimate of drug-likeness (QED) is 0.0203. The molecule has 1 aliphatic heterocycles. The van der Waals surface area contributed by atoms with E-state index in [2.05, 4.69) is 104 Å². The summed E-state index contributed by atoms with van der Waals surface area (Å²) in [7, 11) is -2.28. The van der Waals surface area contributed by atoms with Crippen LogP contribution in [-0.4, -0.2) is 175 Å². The molecule has 3 radical (unpaired) electrons. The van der Waals surface area contributed by atoms with Crippen molar-refractivity contribution in [1.29, 1.82) is 0 Å². The van der Waals surface area contributed by atoms with Gasteiger partial charge in [-0.05, 0) is 53.6 Å². The summed E-state index contributed by atoms with van der Waals surface area (Å²) < 4.78 is 54.6. The fourth-order valence-corrected chi connectivity index (χ4v) is 8.66. The number of aromatic nitrogens is 8. The van der Waals surface area contributed by atoms with Gasteiger partial charge in [0.2, 0.25) is 0 Å². The number of esters is 3. The van der Waals surface area contributed by atoms with Crippen LogP contribution in [0.4, 0.5) is 4.39 Å². The average molecular weight is 1240 g/mol. The topological polar surface area (TPSA) is 278 Å². The predicted octanol–water partition coefficient (Wildman–Crippen LogP) is 1.28. The van der Waals surface area contributed by atoms with Crippen LogP contribution in [0.1, 0.15) is 71.9 Å². The normalized spacial score (nSPS) is 11.8. The monoisotopic (exact) mass is 1240 g/mol. The maximum absolute atomic E-state index is 12.8. The zero-order valence-corrected chi connectivity index (χ0v) is 58.0. The van der Waals surface area contributed by atoms with Crippen LogP contribution >= 0.6 is 11.6 Å². The first-order chi connectivity index (χ1) is 37.6. The summed E-state index contributed by atoms with van der Waals surface area (Å²) in [4.78, 5) is 67.8. The fraction of sp³-hybridized carbons (Fsp3) is 0.569. The van der Waals surface area contributed by atoms with Crippen LogP contribution in [0.25, 0.3) is 0 Å². The number of hydrogen-bond donors (Lipinski definition) is 5. The van der Waals surface area contributed by atoms with Gasteiger partial charge in [-0.15, -0.1) is 0 Å². The van der Waals surface area contributed by atoms with Gasteiger partial charge in [-0.1, -0.05) is 90.4 Å². The summed E-state index contributed by atoms with van der Waals surface area (Å²) >= 11 is 5.32. The number of carbonyl (C=O) groups excluding carboxylic acids is 4. The number of benzene rings is 1. The number of ether oxygens (including phenoxy) is 6. The molecule has 0 fully saturated rings.